The Labute approximate surface area is 114 Å². The van der Waals surface area contributed by atoms with E-state index in [1.807, 2.05) is 24.3 Å². The van der Waals surface area contributed by atoms with Gasteiger partial charge in [0.2, 0.25) is 0 Å². The van der Waals surface area contributed by atoms with Crippen LogP contribution in [0.25, 0.3) is 0 Å². The predicted molar refractivity (Wildman–Crippen MR) is 74.0 cm³/mol. The molecule has 0 aliphatic carbocycles. The molecule has 1 aromatic rings. The van der Waals surface area contributed by atoms with E-state index < -0.39 is 6.08 Å². The number of halogens is 3. The van der Waals surface area contributed by atoms with Gasteiger partial charge >= 0.3 is 0 Å². The summed E-state index contributed by atoms with van der Waals surface area (Å²) < 4.78 is 24.3. The van der Waals surface area contributed by atoms with Crippen molar-refractivity contribution in [3.8, 4) is 0 Å². The molecule has 0 radical (unpaired) electrons. The van der Waals surface area contributed by atoms with E-state index >= 15 is 0 Å². The monoisotopic (exact) mass is 320 g/mol. The summed E-state index contributed by atoms with van der Waals surface area (Å²) in [4.78, 5) is 0.996. The molecule has 0 unspecified atom stereocenters. The summed E-state index contributed by atoms with van der Waals surface area (Å²) in [5.74, 6) is 0.261. The highest BCUT2D eigenvalue weighted by Crippen LogP contribution is 2.28. The normalized spacial score (nSPS) is 11.4. The fourth-order valence-corrected chi connectivity index (χ4v) is 2.33. The van der Waals surface area contributed by atoms with Gasteiger partial charge in [-0.05, 0) is 39.0 Å². The molecule has 0 amide bonds. The molecule has 94 valence electrons. The number of rotatable bonds is 3. The van der Waals surface area contributed by atoms with Crippen LogP contribution < -0.4 is 0 Å². The molecule has 0 atom stereocenters. The number of benzene rings is 1. The van der Waals surface area contributed by atoms with Crippen molar-refractivity contribution in [3.05, 3.63) is 40.4 Å². The SMILES string of the molecule is CC(C)(C)c1ccc(SCC(Br)=C(F)F)cc1. The van der Waals surface area contributed by atoms with Crippen molar-refractivity contribution >= 4 is 27.7 Å². The van der Waals surface area contributed by atoms with Gasteiger partial charge in [-0.15, -0.1) is 11.8 Å². The van der Waals surface area contributed by atoms with Gasteiger partial charge in [-0.3, -0.25) is 0 Å². The van der Waals surface area contributed by atoms with Gasteiger partial charge < -0.3 is 0 Å². The minimum Gasteiger partial charge on any atom is -0.172 e. The third-order valence-electron chi connectivity index (χ3n) is 2.29. The Kier molecular flexibility index (Phi) is 5.20. The first-order valence-corrected chi connectivity index (χ1v) is 7.01. The smallest absolute Gasteiger partial charge is 0.172 e. The van der Waals surface area contributed by atoms with Crippen LogP contribution in [0.4, 0.5) is 8.78 Å². The molecule has 0 saturated carbocycles. The van der Waals surface area contributed by atoms with E-state index in [4.69, 9.17) is 0 Å². The standard InChI is InChI=1S/C13H15BrF2S/c1-13(2,3)9-4-6-10(7-5-9)17-8-11(14)12(15)16/h4-7H,8H2,1-3H3. The zero-order valence-corrected chi connectivity index (χ0v) is 12.5. The number of hydrogen-bond acceptors (Lipinski definition) is 1. The molecule has 0 saturated heterocycles. The van der Waals surface area contributed by atoms with Gasteiger partial charge in [-0.25, -0.2) is 0 Å². The van der Waals surface area contributed by atoms with E-state index in [9.17, 15) is 8.78 Å². The molecular formula is C13H15BrF2S. The molecule has 17 heavy (non-hydrogen) atoms. The second-order valence-corrected chi connectivity index (χ2v) is 6.73. The minimum atomic E-state index is -1.65. The highest BCUT2D eigenvalue weighted by molar-refractivity contribution is 9.11. The van der Waals surface area contributed by atoms with Gasteiger partial charge in [0.25, 0.3) is 6.08 Å². The quantitative estimate of drug-likeness (QED) is 0.655. The molecule has 0 bridgehead atoms. The number of thioether (sulfide) groups is 1. The molecule has 0 aliphatic rings. The van der Waals surface area contributed by atoms with Crippen LogP contribution in [0.15, 0.2) is 39.7 Å². The summed E-state index contributed by atoms with van der Waals surface area (Å²) in [7, 11) is 0. The molecule has 0 spiro atoms. The molecule has 0 fully saturated rings. The molecule has 1 rings (SSSR count). The van der Waals surface area contributed by atoms with Gasteiger partial charge in [0.1, 0.15) is 0 Å². The Hall–Kier alpha value is -0.350. The summed E-state index contributed by atoms with van der Waals surface area (Å²) >= 11 is 4.25. The third-order valence-corrected chi connectivity index (χ3v) is 4.28. The van der Waals surface area contributed by atoms with Crippen LogP contribution in [-0.2, 0) is 5.41 Å². The van der Waals surface area contributed by atoms with Crippen LogP contribution in [0.2, 0.25) is 0 Å². The zero-order valence-electron chi connectivity index (χ0n) is 10.1. The van der Waals surface area contributed by atoms with Crippen molar-refractivity contribution in [1.29, 1.82) is 0 Å². The van der Waals surface area contributed by atoms with E-state index in [-0.39, 0.29) is 15.7 Å². The fraction of sp³-hybridized carbons (Fsp3) is 0.385. The van der Waals surface area contributed by atoms with Crippen LogP contribution in [0.1, 0.15) is 26.3 Å². The van der Waals surface area contributed by atoms with E-state index in [1.54, 1.807) is 0 Å². The van der Waals surface area contributed by atoms with Crippen molar-refractivity contribution in [2.24, 2.45) is 0 Å². The molecule has 0 N–H and O–H groups in total. The van der Waals surface area contributed by atoms with Crippen LogP contribution in [-0.4, -0.2) is 5.75 Å². The second kappa shape index (κ2) is 6.01. The van der Waals surface area contributed by atoms with Crippen molar-refractivity contribution in [1.82, 2.24) is 0 Å². The highest BCUT2D eigenvalue weighted by Gasteiger charge is 2.13. The highest BCUT2D eigenvalue weighted by atomic mass is 79.9. The van der Waals surface area contributed by atoms with E-state index in [0.717, 1.165) is 4.90 Å². The topological polar surface area (TPSA) is 0 Å². The Morgan fingerprint density at radius 1 is 1.18 bits per heavy atom. The lowest BCUT2D eigenvalue weighted by Crippen LogP contribution is -2.10. The maximum absolute atomic E-state index is 12.2. The van der Waals surface area contributed by atoms with Gasteiger partial charge in [-0.2, -0.15) is 8.78 Å². The average molecular weight is 321 g/mol. The Morgan fingerprint density at radius 2 is 1.71 bits per heavy atom. The van der Waals surface area contributed by atoms with Gasteiger partial charge in [0.15, 0.2) is 0 Å². The molecular weight excluding hydrogens is 306 g/mol. The Morgan fingerprint density at radius 3 is 2.12 bits per heavy atom. The Bertz CT molecular complexity index is 400. The van der Waals surface area contributed by atoms with Crippen molar-refractivity contribution in [2.45, 2.75) is 31.1 Å². The third kappa shape index (κ3) is 4.80. The number of hydrogen-bond donors (Lipinski definition) is 0. The van der Waals surface area contributed by atoms with Crippen molar-refractivity contribution in [3.63, 3.8) is 0 Å². The van der Waals surface area contributed by atoms with Crippen LogP contribution in [0, 0.1) is 0 Å². The van der Waals surface area contributed by atoms with Crippen molar-refractivity contribution in [2.75, 3.05) is 5.75 Å². The first-order chi connectivity index (χ1) is 7.80. The largest absolute Gasteiger partial charge is 0.281 e. The van der Waals surface area contributed by atoms with Crippen LogP contribution >= 0.6 is 27.7 Å². The maximum Gasteiger partial charge on any atom is 0.281 e. The van der Waals surface area contributed by atoms with Crippen LogP contribution in [0.3, 0.4) is 0 Å². The molecule has 0 aromatic heterocycles. The maximum atomic E-state index is 12.2. The minimum absolute atomic E-state index is 0.0394. The summed E-state index contributed by atoms with van der Waals surface area (Å²) in [5.41, 5.74) is 1.36. The molecule has 1 aromatic carbocycles. The lowest BCUT2D eigenvalue weighted by atomic mass is 9.87. The lowest BCUT2D eigenvalue weighted by molar-refractivity contribution is 0.419. The van der Waals surface area contributed by atoms with Gasteiger partial charge in [-0.1, -0.05) is 32.9 Å². The average Bonchev–Trinajstić information content (AvgIpc) is 2.25. The van der Waals surface area contributed by atoms with Crippen molar-refractivity contribution < 1.29 is 8.78 Å². The fourth-order valence-electron chi connectivity index (χ4n) is 1.25. The first kappa shape index (κ1) is 14.7. The van der Waals surface area contributed by atoms with E-state index in [0.29, 0.717) is 0 Å². The second-order valence-electron chi connectivity index (χ2n) is 4.73. The van der Waals surface area contributed by atoms with E-state index in [2.05, 4.69) is 36.7 Å². The predicted octanol–water partition coefficient (Wildman–Crippen LogP) is 5.58. The zero-order chi connectivity index (χ0) is 13.1. The van der Waals surface area contributed by atoms with E-state index in [1.165, 1.54) is 17.3 Å². The van der Waals surface area contributed by atoms with Gasteiger partial charge in [0, 0.05) is 10.6 Å². The molecule has 0 aliphatic heterocycles. The molecule has 0 heterocycles. The van der Waals surface area contributed by atoms with Crippen LogP contribution in [0.5, 0.6) is 0 Å². The molecule has 0 nitrogen and oxygen atoms in total. The Balaban J connectivity index is 2.67. The summed E-state index contributed by atoms with van der Waals surface area (Å²) in [5, 5.41) is 0. The molecule has 4 heteroatoms. The summed E-state index contributed by atoms with van der Waals surface area (Å²) in [6, 6.07) is 8.04. The summed E-state index contributed by atoms with van der Waals surface area (Å²) in [6.45, 7) is 6.44. The van der Waals surface area contributed by atoms with Gasteiger partial charge in [0.05, 0.1) is 4.48 Å². The summed E-state index contributed by atoms with van der Waals surface area (Å²) in [6.07, 6.45) is -1.65. The lowest BCUT2D eigenvalue weighted by Gasteiger charge is -2.19. The first-order valence-electron chi connectivity index (χ1n) is 5.23.